The minimum atomic E-state index is -0.303. The van der Waals surface area contributed by atoms with Crippen molar-refractivity contribution in [3.8, 4) is 11.4 Å². The van der Waals surface area contributed by atoms with Gasteiger partial charge in [-0.15, -0.1) is 5.10 Å². The van der Waals surface area contributed by atoms with Gasteiger partial charge in [-0.3, -0.25) is 4.79 Å². The van der Waals surface area contributed by atoms with Gasteiger partial charge in [-0.25, -0.2) is 4.39 Å². The number of halogens is 1. The summed E-state index contributed by atoms with van der Waals surface area (Å²) in [5.41, 5.74) is 1.57. The number of hydrogen-bond donors (Lipinski definition) is 1. The number of carbonyl (C=O) groups is 1. The molecule has 1 amide bonds. The SMILES string of the molecule is CCOc1ccccc1-n1nnnc1SCC(=O)NC(c1ccc(F)cc1)C(C)C. The number of rotatable bonds is 9. The molecule has 2 aromatic carbocycles. The first-order chi connectivity index (χ1) is 14.5. The summed E-state index contributed by atoms with van der Waals surface area (Å²) >= 11 is 1.23. The molecule has 1 aromatic heterocycles. The summed E-state index contributed by atoms with van der Waals surface area (Å²) in [5.74, 6) is 0.488. The Labute approximate surface area is 179 Å². The molecule has 0 bridgehead atoms. The maximum atomic E-state index is 13.2. The van der Waals surface area contributed by atoms with Gasteiger partial charge in [-0.1, -0.05) is 49.9 Å². The molecule has 9 heteroatoms. The Morgan fingerprint density at radius 2 is 1.93 bits per heavy atom. The molecule has 1 atom stereocenters. The topological polar surface area (TPSA) is 81.9 Å². The lowest BCUT2D eigenvalue weighted by Gasteiger charge is -2.23. The third-order valence-corrected chi connectivity index (χ3v) is 5.30. The number of hydrogen-bond acceptors (Lipinski definition) is 6. The van der Waals surface area contributed by atoms with Crippen LogP contribution in [0.2, 0.25) is 0 Å². The van der Waals surface area contributed by atoms with E-state index in [0.717, 1.165) is 5.56 Å². The van der Waals surface area contributed by atoms with E-state index >= 15 is 0 Å². The van der Waals surface area contributed by atoms with Crippen LogP contribution in [0, 0.1) is 11.7 Å². The molecule has 0 aliphatic rings. The van der Waals surface area contributed by atoms with Crippen LogP contribution in [-0.2, 0) is 4.79 Å². The maximum absolute atomic E-state index is 13.2. The highest BCUT2D eigenvalue weighted by atomic mass is 32.2. The van der Waals surface area contributed by atoms with Gasteiger partial charge >= 0.3 is 0 Å². The molecule has 7 nitrogen and oxygen atoms in total. The Morgan fingerprint density at radius 1 is 1.20 bits per heavy atom. The second-order valence-electron chi connectivity index (χ2n) is 6.90. The van der Waals surface area contributed by atoms with Crippen molar-refractivity contribution in [3.05, 3.63) is 59.9 Å². The fourth-order valence-electron chi connectivity index (χ4n) is 2.98. The molecule has 3 rings (SSSR count). The molecular formula is C21H24FN5O2S. The standard InChI is InChI=1S/C21H24FN5O2S/c1-4-29-18-8-6-5-7-17(18)27-21(24-25-26-27)30-13-19(28)23-20(14(2)3)15-9-11-16(22)12-10-15/h5-12,14,20H,4,13H2,1-3H3,(H,23,28). The van der Waals surface area contributed by atoms with Crippen molar-refractivity contribution >= 4 is 17.7 Å². The molecular weight excluding hydrogens is 405 g/mol. The molecule has 0 aliphatic heterocycles. The van der Waals surface area contributed by atoms with Crippen LogP contribution in [0.1, 0.15) is 32.4 Å². The molecule has 3 aromatic rings. The zero-order valence-corrected chi connectivity index (χ0v) is 17.9. The number of carbonyl (C=O) groups excluding carboxylic acids is 1. The Bertz CT molecular complexity index is 978. The monoisotopic (exact) mass is 429 g/mol. The third-order valence-electron chi connectivity index (χ3n) is 4.38. The van der Waals surface area contributed by atoms with Crippen LogP contribution < -0.4 is 10.1 Å². The second kappa shape index (κ2) is 10.2. The molecule has 1 N–H and O–H groups in total. The van der Waals surface area contributed by atoms with Crippen LogP contribution in [0.5, 0.6) is 5.75 Å². The number of thioether (sulfide) groups is 1. The lowest BCUT2D eigenvalue weighted by molar-refractivity contribution is -0.119. The van der Waals surface area contributed by atoms with Gasteiger partial charge in [0.1, 0.15) is 17.3 Å². The number of ether oxygens (including phenoxy) is 1. The first kappa shape index (κ1) is 21.8. The van der Waals surface area contributed by atoms with E-state index in [1.165, 1.54) is 23.9 Å². The van der Waals surface area contributed by atoms with Gasteiger partial charge in [-0.05, 0) is 53.1 Å². The number of para-hydroxylation sites is 2. The molecule has 0 radical (unpaired) electrons. The summed E-state index contributed by atoms with van der Waals surface area (Å²) in [6.45, 7) is 6.44. The highest BCUT2D eigenvalue weighted by molar-refractivity contribution is 7.99. The highest BCUT2D eigenvalue weighted by Gasteiger charge is 2.20. The number of benzene rings is 2. The van der Waals surface area contributed by atoms with Crippen molar-refractivity contribution < 1.29 is 13.9 Å². The Balaban J connectivity index is 1.68. The Kier molecular flexibility index (Phi) is 7.40. The van der Waals surface area contributed by atoms with E-state index in [1.807, 2.05) is 45.0 Å². The summed E-state index contributed by atoms with van der Waals surface area (Å²) in [6.07, 6.45) is 0. The zero-order chi connectivity index (χ0) is 21.5. The summed E-state index contributed by atoms with van der Waals surface area (Å²) in [7, 11) is 0. The van der Waals surface area contributed by atoms with E-state index in [1.54, 1.807) is 16.8 Å². The minimum Gasteiger partial charge on any atom is -0.492 e. The highest BCUT2D eigenvalue weighted by Crippen LogP contribution is 2.26. The average Bonchev–Trinajstić information content (AvgIpc) is 3.20. The van der Waals surface area contributed by atoms with Crippen LogP contribution in [-0.4, -0.2) is 38.5 Å². The fraction of sp³-hybridized carbons (Fsp3) is 0.333. The lowest BCUT2D eigenvalue weighted by atomic mass is 9.96. The van der Waals surface area contributed by atoms with Crippen LogP contribution in [0.4, 0.5) is 4.39 Å². The second-order valence-corrected chi connectivity index (χ2v) is 7.85. The van der Waals surface area contributed by atoms with E-state index in [-0.39, 0.29) is 29.4 Å². The van der Waals surface area contributed by atoms with Crippen LogP contribution >= 0.6 is 11.8 Å². The quantitative estimate of drug-likeness (QED) is 0.521. The first-order valence-electron chi connectivity index (χ1n) is 9.67. The first-order valence-corrected chi connectivity index (χ1v) is 10.7. The number of nitrogens with zero attached hydrogens (tertiary/aromatic N) is 4. The molecule has 1 heterocycles. The van der Waals surface area contributed by atoms with Gasteiger partial charge in [0, 0.05) is 0 Å². The predicted molar refractivity (Wildman–Crippen MR) is 113 cm³/mol. The molecule has 0 aliphatic carbocycles. The number of tetrazole rings is 1. The van der Waals surface area contributed by atoms with Crippen LogP contribution in [0.3, 0.4) is 0 Å². The van der Waals surface area contributed by atoms with Gasteiger partial charge in [0.2, 0.25) is 11.1 Å². The number of amides is 1. The van der Waals surface area contributed by atoms with Gasteiger partial charge in [0.05, 0.1) is 18.4 Å². The van der Waals surface area contributed by atoms with Crippen molar-refractivity contribution in [2.75, 3.05) is 12.4 Å². The third kappa shape index (κ3) is 5.35. The lowest BCUT2D eigenvalue weighted by Crippen LogP contribution is -2.33. The molecule has 0 saturated heterocycles. The maximum Gasteiger partial charge on any atom is 0.230 e. The largest absolute Gasteiger partial charge is 0.492 e. The van der Waals surface area contributed by atoms with E-state index < -0.39 is 0 Å². The van der Waals surface area contributed by atoms with Gasteiger partial charge in [0.25, 0.3) is 0 Å². The number of nitrogens with one attached hydrogen (secondary N) is 1. The summed E-state index contributed by atoms with van der Waals surface area (Å²) in [6, 6.07) is 13.4. The van der Waals surface area contributed by atoms with Gasteiger partial charge in [0.15, 0.2) is 0 Å². The van der Waals surface area contributed by atoms with Crippen molar-refractivity contribution in [1.82, 2.24) is 25.5 Å². The van der Waals surface area contributed by atoms with Crippen molar-refractivity contribution in [2.45, 2.75) is 32.0 Å². The summed E-state index contributed by atoms with van der Waals surface area (Å²) in [5, 5.41) is 15.3. The predicted octanol–water partition coefficient (Wildman–Crippen LogP) is 3.81. The Morgan fingerprint density at radius 3 is 2.63 bits per heavy atom. The van der Waals surface area contributed by atoms with Crippen LogP contribution in [0.15, 0.2) is 53.7 Å². The summed E-state index contributed by atoms with van der Waals surface area (Å²) in [4.78, 5) is 12.6. The normalized spacial score (nSPS) is 12.0. The molecule has 1 unspecified atom stereocenters. The zero-order valence-electron chi connectivity index (χ0n) is 17.1. The van der Waals surface area contributed by atoms with E-state index in [0.29, 0.717) is 23.2 Å². The van der Waals surface area contributed by atoms with Crippen molar-refractivity contribution in [3.63, 3.8) is 0 Å². The van der Waals surface area contributed by atoms with Gasteiger partial charge < -0.3 is 10.1 Å². The van der Waals surface area contributed by atoms with Crippen LogP contribution in [0.25, 0.3) is 5.69 Å². The fourth-order valence-corrected chi connectivity index (χ4v) is 3.67. The van der Waals surface area contributed by atoms with Crippen molar-refractivity contribution in [1.29, 1.82) is 0 Å². The number of aromatic nitrogens is 4. The smallest absolute Gasteiger partial charge is 0.230 e. The molecule has 0 saturated carbocycles. The van der Waals surface area contributed by atoms with E-state index in [4.69, 9.17) is 4.74 Å². The van der Waals surface area contributed by atoms with Crippen molar-refractivity contribution in [2.24, 2.45) is 5.92 Å². The minimum absolute atomic E-state index is 0.140. The van der Waals surface area contributed by atoms with E-state index in [9.17, 15) is 9.18 Å². The van der Waals surface area contributed by atoms with E-state index in [2.05, 4.69) is 20.8 Å². The Hall–Kier alpha value is -2.94. The summed E-state index contributed by atoms with van der Waals surface area (Å²) < 4.78 is 20.4. The van der Waals surface area contributed by atoms with Gasteiger partial charge in [-0.2, -0.15) is 4.68 Å². The molecule has 0 spiro atoms. The molecule has 0 fully saturated rings. The molecule has 158 valence electrons. The average molecular weight is 430 g/mol. The molecule has 30 heavy (non-hydrogen) atoms.